The van der Waals surface area contributed by atoms with Crippen LogP contribution in [0, 0.1) is 0 Å². The summed E-state index contributed by atoms with van der Waals surface area (Å²) in [5.41, 5.74) is 0.290. The first-order valence-electron chi connectivity index (χ1n) is 7.67. The van der Waals surface area contributed by atoms with Gasteiger partial charge in [0.25, 0.3) is 0 Å². The molecule has 0 aromatic carbocycles. The summed E-state index contributed by atoms with van der Waals surface area (Å²) in [6.45, 7) is 6.94. The van der Waals surface area contributed by atoms with E-state index in [4.69, 9.17) is 4.74 Å². The van der Waals surface area contributed by atoms with Crippen molar-refractivity contribution < 1.29 is 4.74 Å². The van der Waals surface area contributed by atoms with Crippen molar-refractivity contribution in [2.75, 3.05) is 7.11 Å². The van der Waals surface area contributed by atoms with Crippen LogP contribution in [0.2, 0.25) is 0 Å². The maximum absolute atomic E-state index is 5.24. The number of rotatable bonds is 10. The summed E-state index contributed by atoms with van der Waals surface area (Å²) in [6.07, 6.45) is 10.4. The average molecular weight is 283 g/mol. The van der Waals surface area contributed by atoms with Crippen LogP contribution >= 0.6 is 11.5 Å². The second-order valence-electron chi connectivity index (χ2n) is 5.71. The van der Waals surface area contributed by atoms with E-state index in [9.17, 15) is 0 Å². The molecule has 110 valence electrons. The lowest BCUT2D eigenvalue weighted by molar-refractivity contribution is 0.372. The predicted molar refractivity (Wildman–Crippen MR) is 84.3 cm³/mol. The summed E-state index contributed by atoms with van der Waals surface area (Å²) < 4.78 is 9.61. The van der Waals surface area contributed by atoms with Crippen molar-refractivity contribution in [3.63, 3.8) is 0 Å². The molecule has 0 spiro atoms. The molecule has 0 saturated carbocycles. The SMILES string of the molecule is CCCCCCC(C)(CCCC)c1cc(OC)ns1. The third kappa shape index (κ3) is 5.13. The third-order valence-electron chi connectivity index (χ3n) is 3.96. The van der Waals surface area contributed by atoms with Crippen molar-refractivity contribution in [1.29, 1.82) is 0 Å². The molecule has 0 radical (unpaired) electrons. The van der Waals surface area contributed by atoms with Gasteiger partial charge in [0.2, 0.25) is 5.88 Å². The molecule has 0 aliphatic heterocycles. The highest BCUT2D eigenvalue weighted by molar-refractivity contribution is 7.06. The molecule has 0 amide bonds. The molecule has 3 heteroatoms. The number of nitrogens with zero attached hydrogens (tertiary/aromatic N) is 1. The number of aromatic nitrogens is 1. The smallest absolute Gasteiger partial charge is 0.225 e. The van der Waals surface area contributed by atoms with Crippen molar-refractivity contribution in [3.8, 4) is 5.88 Å². The fourth-order valence-electron chi connectivity index (χ4n) is 2.52. The lowest BCUT2D eigenvalue weighted by atomic mass is 9.78. The first-order valence-corrected chi connectivity index (χ1v) is 8.44. The molecule has 1 aromatic heterocycles. The van der Waals surface area contributed by atoms with Crippen LogP contribution in [0.4, 0.5) is 0 Å². The summed E-state index contributed by atoms with van der Waals surface area (Å²) >= 11 is 1.62. The van der Waals surface area contributed by atoms with Crippen LogP contribution in [0.5, 0.6) is 5.88 Å². The summed E-state index contributed by atoms with van der Waals surface area (Å²) in [5, 5.41) is 0. The Morgan fingerprint density at radius 3 is 2.37 bits per heavy atom. The van der Waals surface area contributed by atoms with E-state index in [0.717, 1.165) is 5.88 Å². The number of unbranched alkanes of at least 4 members (excludes halogenated alkanes) is 4. The minimum Gasteiger partial charge on any atom is -0.480 e. The van der Waals surface area contributed by atoms with Gasteiger partial charge in [-0.3, -0.25) is 0 Å². The Kier molecular flexibility index (Phi) is 7.44. The second-order valence-corrected chi connectivity index (χ2v) is 6.51. The monoisotopic (exact) mass is 283 g/mol. The van der Waals surface area contributed by atoms with E-state index in [1.807, 2.05) is 0 Å². The van der Waals surface area contributed by atoms with Crippen LogP contribution in [0.15, 0.2) is 6.07 Å². The van der Waals surface area contributed by atoms with Gasteiger partial charge in [-0.05, 0) is 24.4 Å². The average Bonchev–Trinajstić information content (AvgIpc) is 2.91. The zero-order chi connectivity index (χ0) is 14.1. The Bertz CT molecular complexity index is 350. The minimum atomic E-state index is 0.290. The van der Waals surface area contributed by atoms with E-state index >= 15 is 0 Å². The van der Waals surface area contributed by atoms with Gasteiger partial charge in [0.15, 0.2) is 0 Å². The number of hydrogen-bond acceptors (Lipinski definition) is 3. The van der Waals surface area contributed by atoms with Crippen LogP contribution in [0.25, 0.3) is 0 Å². The van der Waals surface area contributed by atoms with E-state index in [-0.39, 0.29) is 5.41 Å². The molecule has 1 rings (SSSR count). The normalized spacial score (nSPS) is 14.3. The van der Waals surface area contributed by atoms with Gasteiger partial charge in [0.05, 0.1) is 7.11 Å². The van der Waals surface area contributed by atoms with Gasteiger partial charge < -0.3 is 4.74 Å². The third-order valence-corrected chi connectivity index (χ3v) is 5.04. The molecule has 0 saturated heterocycles. The zero-order valence-electron chi connectivity index (χ0n) is 13.0. The summed E-state index contributed by atoms with van der Waals surface area (Å²) in [6, 6.07) is 2.14. The van der Waals surface area contributed by atoms with Crippen LogP contribution in [0.1, 0.15) is 77.0 Å². The van der Waals surface area contributed by atoms with Crippen molar-refractivity contribution >= 4 is 11.5 Å². The van der Waals surface area contributed by atoms with E-state index in [0.29, 0.717) is 0 Å². The Hall–Kier alpha value is -0.570. The number of ether oxygens (including phenoxy) is 1. The molecule has 2 nitrogen and oxygen atoms in total. The lowest BCUT2D eigenvalue weighted by Crippen LogP contribution is -2.20. The van der Waals surface area contributed by atoms with E-state index in [1.54, 1.807) is 18.6 Å². The van der Waals surface area contributed by atoms with Crippen molar-refractivity contribution in [3.05, 3.63) is 10.9 Å². The lowest BCUT2D eigenvalue weighted by Gasteiger charge is -2.28. The molecule has 0 N–H and O–H groups in total. The fourth-order valence-corrected chi connectivity index (χ4v) is 3.41. The first kappa shape index (κ1) is 16.5. The van der Waals surface area contributed by atoms with Gasteiger partial charge in [-0.2, -0.15) is 4.37 Å². The fraction of sp³-hybridized carbons (Fsp3) is 0.812. The van der Waals surface area contributed by atoms with Gasteiger partial charge in [-0.25, -0.2) is 0 Å². The quantitative estimate of drug-likeness (QED) is 0.524. The van der Waals surface area contributed by atoms with Gasteiger partial charge in [-0.15, -0.1) is 0 Å². The van der Waals surface area contributed by atoms with Gasteiger partial charge in [0, 0.05) is 16.4 Å². The Balaban J connectivity index is 2.67. The maximum Gasteiger partial charge on any atom is 0.225 e. The maximum atomic E-state index is 5.24. The van der Waals surface area contributed by atoms with Gasteiger partial charge >= 0.3 is 0 Å². The molecular formula is C16H29NOS. The number of hydrogen-bond donors (Lipinski definition) is 0. The van der Waals surface area contributed by atoms with Crippen molar-refractivity contribution in [1.82, 2.24) is 4.37 Å². The van der Waals surface area contributed by atoms with Crippen molar-refractivity contribution in [2.45, 2.75) is 77.6 Å². The zero-order valence-corrected chi connectivity index (χ0v) is 13.8. The molecule has 1 atom stereocenters. The molecule has 0 bridgehead atoms. The van der Waals surface area contributed by atoms with Crippen LogP contribution in [-0.4, -0.2) is 11.5 Å². The molecule has 0 fully saturated rings. The topological polar surface area (TPSA) is 22.1 Å². The molecule has 0 aliphatic rings. The van der Waals surface area contributed by atoms with Gasteiger partial charge in [0.1, 0.15) is 0 Å². The number of methoxy groups -OCH3 is 1. The van der Waals surface area contributed by atoms with Crippen LogP contribution < -0.4 is 4.74 Å². The highest BCUT2D eigenvalue weighted by atomic mass is 32.1. The molecular weight excluding hydrogens is 254 g/mol. The Labute approximate surface area is 122 Å². The second kappa shape index (κ2) is 8.57. The van der Waals surface area contributed by atoms with Gasteiger partial charge in [-0.1, -0.05) is 59.3 Å². The van der Waals surface area contributed by atoms with E-state index in [2.05, 4.69) is 31.2 Å². The Morgan fingerprint density at radius 1 is 1.11 bits per heavy atom. The summed E-state index contributed by atoms with van der Waals surface area (Å²) in [7, 11) is 1.70. The standard InChI is InChI=1S/C16H29NOS/c1-5-7-9-10-12-16(3,11-8-6-2)14-13-15(18-4)17-19-14/h13H,5-12H2,1-4H3. The summed E-state index contributed by atoms with van der Waals surface area (Å²) in [4.78, 5) is 1.40. The molecule has 0 aliphatic carbocycles. The largest absolute Gasteiger partial charge is 0.480 e. The molecule has 19 heavy (non-hydrogen) atoms. The van der Waals surface area contributed by atoms with E-state index < -0.39 is 0 Å². The minimum absolute atomic E-state index is 0.290. The summed E-state index contributed by atoms with van der Waals surface area (Å²) in [5.74, 6) is 0.774. The molecule has 1 unspecified atom stereocenters. The van der Waals surface area contributed by atoms with Crippen molar-refractivity contribution in [2.24, 2.45) is 0 Å². The van der Waals surface area contributed by atoms with Crippen LogP contribution in [0.3, 0.4) is 0 Å². The predicted octanol–water partition coefficient (Wildman–Crippen LogP) is 5.57. The molecule has 1 heterocycles. The molecule has 1 aromatic rings. The van der Waals surface area contributed by atoms with Crippen LogP contribution in [-0.2, 0) is 5.41 Å². The van der Waals surface area contributed by atoms with E-state index in [1.165, 1.54) is 56.2 Å². The Morgan fingerprint density at radius 2 is 1.79 bits per heavy atom. The highest BCUT2D eigenvalue weighted by Gasteiger charge is 2.28. The first-order chi connectivity index (χ1) is 9.16. The highest BCUT2D eigenvalue weighted by Crippen LogP contribution is 2.38.